The fourth-order valence-corrected chi connectivity index (χ4v) is 2.34. The van der Waals surface area contributed by atoms with Gasteiger partial charge in [0, 0.05) is 12.0 Å². The van der Waals surface area contributed by atoms with Crippen LogP contribution in [0.2, 0.25) is 0 Å². The Labute approximate surface area is 96.8 Å². The summed E-state index contributed by atoms with van der Waals surface area (Å²) in [5.41, 5.74) is 7.49. The van der Waals surface area contributed by atoms with Crippen molar-refractivity contribution in [2.24, 2.45) is 5.73 Å². The molecule has 0 heterocycles. The molecule has 0 spiro atoms. The van der Waals surface area contributed by atoms with Crippen LogP contribution in [0.1, 0.15) is 37.7 Å². The minimum Gasteiger partial charge on any atom is -0.490 e. The van der Waals surface area contributed by atoms with E-state index in [1.165, 1.54) is 37.7 Å². The van der Waals surface area contributed by atoms with E-state index in [4.69, 9.17) is 10.5 Å². The molecule has 0 bridgehead atoms. The van der Waals surface area contributed by atoms with E-state index in [1.54, 1.807) is 0 Å². The zero-order valence-corrected chi connectivity index (χ0v) is 9.61. The Morgan fingerprint density at radius 3 is 2.69 bits per heavy atom. The van der Waals surface area contributed by atoms with E-state index in [0.29, 0.717) is 6.10 Å². The summed E-state index contributed by atoms with van der Waals surface area (Å²) in [6.45, 7) is 0.764. The molecule has 2 aliphatic rings. The second kappa shape index (κ2) is 3.77. The van der Waals surface area contributed by atoms with Crippen molar-refractivity contribution in [2.45, 2.75) is 43.6 Å². The Morgan fingerprint density at radius 1 is 1.31 bits per heavy atom. The van der Waals surface area contributed by atoms with Crippen LogP contribution in [0.15, 0.2) is 24.3 Å². The van der Waals surface area contributed by atoms with Crippen molar-refractivity contribution < 1.29 is 4.74 Å². The van der Waals surface area contributed by atoms with Gasteiger partial charge >= 0.3 is 0 Å². The van der Waals surface area contributed by atoms with Crippen LogP contribution in [-0.2, 0) is 5.41 Å². The average molecular weight is 217 g/mol. The molecule has 0 atom stereocenters. The summed E-state index contributed by atoms with van der Waals surface area (Å²) in [5, 5.41) is 0. The van der Waals surface area contributed by atoms with Gasteiger partial charge in [-0.3, -0.25) is 0 Å². The van der Waals surface area contributed by atoms with Gasteiger partial charge in [0.15, 0.2) is 0 Å². The molecule has 86 valence electrons. The minimum absolute atomic E-state index is 0.277. The van der Waals surface area contributed by atoms with Crippen molar-refractivity contribution in [3.63, 3.8) is 0 Å². The molecule has 2 aliphatic carbocycles. The smallest absolute Gasteiger partial charge is 0.120 e. The first-order chi connectivity index (χ1) is 7.82. The van der Waals surface area contributed by atoms with E-state index in [-0.39, 0.29) is 5.41 Å². The largest absolute Gasteiger partial charge is 0.490 e. The highest BCUT2D eigenvalue weighted by Crippen LogP contribution is 2.47. The van der Waals surface area contributed by atoms with Crippen LogP contribution in [-0.4, -0.2) is 12.6 Å². The van der Waals surface area contributed by atoms with Crippen LogP contribution in [0.5, 0.6) is 5.75 Å². The third kappa shape index (κ3) is 1.71. The van der Waals surface area contributed by atoms with E-state index in [1.807, 2.05) is 0 Å². The maximum absolute atomic E-state index is 5.92. The molecular formula is C14H19NO. The van der Waals surface area contributed by atoms with Gasteiger partial charge in [0.25, 0.3) is 0 Å². The monoisotopic (exact) mass is 217 g/mol. The van der Waals surface area contributed by atoms with Crippen LogP contribution in [0, 0.1) is 0 Å². The molecule has 16 heavy (non-hydrogen) atoms. The maximum Gasteiger partial charge on any atom is 0.120 e. The van der Waals surface area contributed by atoms with E-state index >= 15 is 0 Å². The lowest BCUT2D eigenvalue weighted by atomic mass is 9.95. The third-order valence-corrected chi connectivity index (χ3v) is 4.05. The summed E-state index contributed by atoms with van der Waals surface area (Å²) in [5.74, 6) is 1.03. The van der Waals surface area contributed by atoms with Gasteiger partial charge < -0.3 is 10.5 Å². The molecule has 0 aromatic heterocycles. The molecule has 2 fully saturated rings. The molecular weight excluding hydrogens is 198 g/mol. The third-order valence-electron chi connectivity index (χ3n) is 4.05. The van der Waals surface area contributed by atoms with Gasteiger partial charge in [0.1, 0.15) is 5.75 Å². The molecule has 1 aromatic rings. The Balaban J connectivity index is 1.77. The molecule has 0 radical (unpaired) electrons. The standard InChI is InChI=1S/C14H19NO/c15-10-14(7-8-14)11-3-1-6-13(9-11)16-12-4-2-5-12/h1,3,6,9,12H,2,4-5,7-8,10,15H2. The number of rotatable bonds is 4. The average Bonchev–Trinajstić information content (AvgIpc) is 3.05. The summed E-state index contributed by atoms with van der Waals surface area (Å²) in [7, 11) is 0. The molecule has 2 heteroatoms. The zero-order chi connectivity index (χ0) is 11.0. The number of ether oxygens (including phenoxy) is 1. The fourth-order valence-electron chi connectivity index (χ4n) is 2.34. The van der Waals surface area contributed by atoms with Crippen molar-refractivity contribution in [1.82, 2.24) is 0 Å². The summed E-state index contributed by atoms with van der Waals surface area (Å²) in [6.07, 6.45) is 6.67. The van der Waals surface area contributed by atoms with Gasteiger partial charge in [-0.25, -0.2) is 0 Å². The van der Waals surface area contributed by atoms with Gasteiger partial charge in [-0.15, -0.1) is 0 Å². The second-order valence-corrected chi connectivity index (χ2v) is 5.18. The predicted molar refractivity (Wildman–Crippen MR) is 64.7 cm³/mol. The molecule has 2 nitrogen and oxygen atoms in total. The predicted octanol–water partition coefficient (Wildman–Crippen LogP) is 2.61. The van der Waals surface area contributed by atoms with Gasteiger partial charge in [0.05, 0.1) is 6.10 Å². The Bertz CT molecular complexity index is 380. The van der Waals surface area contributed by atoms with E-state index in [2.05, 4.69) is 24.3 Å². The lowest BCUT2D eigenvalue weighted by molar-refractivity contribution is 0.120. The van der Waals surface area contributed by atoms with Gasteiger partial charge in [0.2, 0.25) is 0 Å². The topological polar surface area (TPSA) is 35.2 Å². The molecule has 0 unspecified atom stereocenters. The number of benzene rings is 1. The Kier molecular flexibility index (Phi) is 2.40. The fraction of sp³-hybridized carbons (Fsp3) is 0.571. The van der Waals surface area contributed by atoms with Crippen molar-refractivity contribution >= 4 is 0 Å². The highest BCUT2D eigenvalue weighted by molar-refractivity contribution is 5.38. The van der Waals surface area contributed by atoms with Gasteiger partial charge in [-0.2, -0.15) is 0 Å². The SMILES string of the molecule is NCC1(c2cccc(OC3CCC3)c2)CC1. The molecule has 2 saturated carbocycles. The van der Waals surface area contributed by atoms with Crippen molar-refractivity contribution in [1.29, 1.82) is 0 Å². The quantitative estimate of drug-likeness (QED) is 0.841. The summed E-state index contributed by atoms with van der Waals surface area (Å²) in [4.78, 5) is 0. The second-order valence-electron chi connectivity index (χ2n) is 5.18. The highest BCUT2D eigenvalue weighted by Gasteiger charge is 2.42. The van der Waals surface area contributed by atoms with E-state index in [0.717, 1.165) is 12.3 Å². The first-order valence-electron chi connectivity index (χ1n) is 6.30. The van der Waals surface area contributed by atoms with Gasteiger partial charge in [-0.05, 0) is 49.8 Å². The van der Waals surface area contributed by atoms with Crippen LogP contribution < -0.4 is 10.5 Å². The normalized spacial score (nSPS) is 22.6. The maximum atomic E-state index is 5.92. The summed E-state index contributed by atoms with van der Waals surface area (Å²) < 4.78 is 5.92. The molecule has 1 aromatic carbocycles. The lowest BCUT2D eigenvalue weighted by Gasteiger charge is -2.27. The van der Waals surface area contributed by atoms with Gasteiger partial charge in [-0.1, -0.05) is 12.1 Å². The van der Waals surface area contributed by atoms with Crippen molar-refractivity contribution in [3.05, 3.63) is 29.8 Å². The molecule has 0 amide bonds. The first-order valence-corrected chi connectivity index (χ1v) is 6.30. The molecule has 0 saturated heterocycles. The highest BCUT2D eigenvalue weighted by atomic mass is 16.5. The Hall–Kier alpha value is -1.02. The zero-order valence-electron chi connectivity index (χ0n) is 9.61. The van der Waals surface area contributed by atoms with E-state index in [9.17, 15) is 0 Å². The summed E-state index contributed by atoms with van der Waals surface area (Å²) in [6, 6.07) is 8.54. The molecule has 0 aliphatic heterocycles. The molecule has 2 N–H and O–H groups in total. The number of nitrogens with two attached hydrogens (primary N) is 1. The van der Waals surface area contributed by atoms with Crippen molar-refractivity contribution in [2.75, 3.05) is 6.54 Å². The Morgan fingerprint density at radius 2 is 2.12 bits per heavy atom. The first kappa shape index (κ1) is 10.2. The number of hydrogen-bond donors (Lipinski definition) is 1. The minimum atomic E-state index is 0.277. The number of hydrogen-bond acceptors (Lipinski definition) is 2. The van der Waals surface area contributed by atoms with E-state index < -0.39 is 0 Å². The van der Waals surface area contributed by atoms with Crippen LogP contribution in [0.25, 0.3) is 0 Å². The molecule has 3 rings (SSSR count). The van der Waals surface area contributed by atoms with Crippen molar-refractivity contribution in [3.8, 4) is 5.75 Å². The lowest BCUT2D eigenvalue weighted by Crippen LogP contribution is -2.25. The van der Waals surface area contributed by atoms with Crippen LogP contribution >= 0.6 is 0 Å². The summed E-state index contributed by atoms with van der Waals surface area (Å²) >= 11 is 0. The van der Waals surface area contributed by atoms with Crippen LogP contribution in [0.3, 0.4) is 0 Å². The van der Waals surface area contributed by atoms with Crippen LogP contribution in [0.4, 0.5) is 0 Å².